The lowest BCUT2D eigenvalue weighted by molar-refractivity contribution is -0.138. The fourth-order valence-corrected chi connectivity index (χ4v) is 2.15. The molecule has 0 aliphatic carbocycles. The van der Waals surface area contributed by atoms with Crippen LogP contribution in [0.5, 0.6) is 0 Å². The van der Waals surface area contributed by atoms with Crippen molar-refractivity contribution in [2.24, 2.45) is 0 Å². The standard InChI is InChI=1S/C17H36O3/c1-8-14(9-2)18-12-16(20-17(5,6)7)13-19-15(10-3)11-4/h14-16H,8-13H2,1-7H3. The van der Waals surface area contributed by atoms with Crippen molar-refractivity contribution in [1.29, 1.82) is 0 Å². The Kier molecular flexibility index (Phi) is 10.5. The van der Waals surface area contributed by atoms with E-state index in [1.54, 1.807) is 0 Å². The molecule has 20 heavy (non-hydrogen) atoms. The van der Waals surface area contributed by atoms with Gasteiger partial charge in [-0.05, 0) is 46.5 Å². The lowest BCUT2D eigenvalue weighted by Crippen LogP contribution is -2.36. The summed E-state index contributed by atoms with van der Waals surface area (Å²) in [5.74, 6) is 0. The van der Waals surface area contributed by atoms with Crippen LogP contribution < -0.4 is 0 Å². The first-order valence-electron chi connectivity index (χ1n) is 8.27. The SMILES string of the molecule is CCC(CC)OCC(COC(CC)CC)OC(C)(C)C. The predicted octanol–water partition coefficient (Wildman–Crippen LogP) is 4.58. The summed E-state index contributed by atoms with van der Waals surface area (Å²) in [5.41, 5.74) is -0.167. The summed E-state index contributed by atoms with van der Waals surface area (Å²) in [6, 6.07) is 0. The molecule has 0 saturated heterocycles. The van der Waals surface area contributed by atoms with Gasteiger partial charge in [0.25, 0.3) is 0 Å². The van der Waals surface area contributed by atoms with E-state index in [9.17, 15) is 0 Å². The summed E-state index contributed by atoms with van der Waals surface area (Å²) in [6.07, 6.45) is 4.86. The van der Waals surface area contributed by atoms with Crippen molar-refractivity contribution in [3.63, 3.8) is 0 Å². The van der Waals surface area contributed by atoms with Crippen LogP contribution in [0.15, 0.2) is 0 Å². The van der Waals surface area contributed by atoms with E-state index in [0.717, 1.165) is 25.7 Å². The Labute approximate surface area is 126 Å². The second kappa shape index (κ2) is 10.6. The highest BCUT2D eigenvalue weighted by molar-refractivity contribution is 4.68. The topological polar surface area (TPSA) is 27.7 Å². The molecule has 0 saturated carbocycles. The molecule has 0 unspecified atom stereocenters. The summed E-state index contributed by atoms with van der Waals surface area (Å²) in [5, 5.41) is 0. The Morgan fingerprint density at radius 1 is 0.650 bits per heavy atom. The maximum Gasteiger partial charge on any atom is 0.105 e. The molecule has 0 fully saturated rings. The van der Waals surface area contributed by atoms with Gasteiger partial charge >= 0.3 is 0 Å². The first kappa shape index (κ1) is 19.9. The molecule has 0 atom stereocenters. The maximum absolute atomic E-state index is 6.07. The minimum absolute atomic E-state index is 0.0104. The van der Waals surface area contributed by atoms with Gasteiger partial charge in [0.2, 0.25) is 0 Å². The lowest BCUT2D eigenvalue weighted by Gasteiger charge is -2.29. The first-order chi connectivity index (χ1) is 9.36. The van der Waals surface area contributed by atoms with Crippen LogP contribution >= 0.6 is 0 Å². The van der Waals surface area contributed by atoms with Crippen molar-refractivity contribution in [3.8, 4) is 0 Å². The van der Waals surface area contributed by atoms with Crippen LogP contribution in [0.2, 0.25) is 0 Å². The fourth-order valence-electron chi connectivity index (χ4n) is 2.15. The largest absolute Gasteiger partial charge is 0.375 e. The van der Waals surface area contributed by atoms with E-state index >= 15 is 0 Å². The number of hydrogen-bond acceptors (Lipinski definition) is 3. The fraction of sp³-hybridized carbons (Fsp3) is 1.00. The van der Waals surface area contributed by atoms with Crippen LogP contribution in [0, 0.1) is 0 Å². The average Bonchev–Trinajstić information content (AvgIpc) is 2.39. The van der Waals surface area contributed by atoms with Gasteiger partial charge in [-0.15, -0.1) is 0 Å². The molecule has 3 heteroatoms. The normalized spacial score (nSPS) is 12.9. The highest BCUT2D eigenvalue weighted by atomic mass is 16.6. The van der Waals surface area contributed by atoms with Gasteiger partial charge in [0.15, 0.2) is 0 Å². The second-order valence-corrected chi connectivity index (χ2v) is 6.40. The molecular formula is C17H36O3. The monoisotopic (exact) mass is 288 g/mol. The number of rotatable bonds is 11. The molecule has 0 spiro atoms. The summed E-state index contributed by atoms with van der Waals surface area (Å²) in [4.78, 5) is 0. The van der Waals surface area contributed by atoms with Gasteiger partial charge in [-0.1, -0.05) is 27.7 Å². The van der Waals surface area contributed by atoms with Crippen LogP contribution in [0.4, 0.5) is 0 Å². The highest BCUT2D eigenvalue weighted by Crippen LogP contribution is 2.15. The van der Waals surface area contributed by atoms with Crippen LogP contribution in [-0.4, -0.2) is 37.1 Å². The maximum atomic E-state index is 6.07. The molecule has 0 bridgehead atoms. The molecule has 3 nitrogen and oxygen atoms in total. The molecule has 0 N–H and O–H groups in total. The van der Waals surface area contributed by atoms with Gasteiger partial charge in [0.05, 0.1) is 31.0 Å². The van der Waals surface area contributed by atoms with Gasteiger partial charge in [0, 0.05) is 0 Å². The summed E-state index contributed by atoms with van der Waals surface area (Å²) in [6.45, 7) is 16.1. The van der Waals surface area contributed by atoms with Crippen molar-refractivity contribution in [2.45, 2.75) is 98.1 Å². The molecular weight excluding hydrogens is 252 g/mol. The van der Waals surface area contributed by atoms with Crippen molar-refractivity contribution >= 4 is 0 Å². The van der Waals surface area contributed by atoms with Gasteiger partial charge < -0.3 is 14.2 Å². The molecule has 0 amide bonds. The minimum atomic E-state index is -0.167. The third-order valence-corrected chi connectivity index (χ3v) is 3.38. The van der Waals surface area contributed by atoms with Gasteiger partial charge in [-0.25, -0.2) is 0 Å². The molecule has 0 aromatic rings. The molecule has 0 rings (SSSR count). The molecule has 0 radical (unpaired) electrons. The van der Waals surface area contributed by atoms with E-state index in [1.807, 2.05) is 0 Å². The lowest BCUT2D eigenvalue weighted by atomic mass is 10.2. The van der Waals surface area contributed by atoms with Crippen LogP contribution in [0.25, 0.3) is 0 Å². The minimum Gasteiger partial charge on any atom is -0.375 e. The number of hydrogen-bond donors (Lipinski definition) is 0. The highest BCUT2D eigenvalue weighted by Gasteiger charge is 2.21. The van der Waals surface area contributed by atoms with Gasteiger partial charge in [0.1, 0.15) is 6.10 Å². The summed E-state index contributed by atoms with van der Waals surface area (Å²) < 4.78 is 18.0. The zero-order valence-corrected chi connectivity index (χ0v) is 14.7. The Bertz CT molecular complexity index is 199. The Morgan fingerprint density at radius 3 is 1.25 bits per heavy atom. The van der Waals surface area contributed by atoms with E-state index in [2.05, 4.69) is 48.5 Å². The molecule has 122 valence electrons. The van der Waals surface area contributed by atoms with Crippen LogP contribution in [0.3, 0.4) is 0 Å². The van der Waals surface area contributed by atoms with Crippen LogP contribution in [-0.2, 0) is 14.2 Å². The zero-order chi connectivity index (χ0) is 15.6. The van der Waals surface area contributed by atoms with E-state index < -0.39 is 0 Å². The third kappa shape index (κ3) is 9.73. The first-order valence-corrected chi connectivity index (χ1v) is 8.27. The third-order valence-electron chi connectivity index (χ3n) is 3.38. The van der Waals surface area contributed by atoms with E-state index in [-0.39, 0.29) is 11.7 Å². The number of ether oxygens (including phenoxy) is 3. The quantitative estimate of drug-likeness (QED) is 0.557. The van der Waals surface area contributed by atoms with Gasteiger partial charge in [-0.2, -0.15) is 0 Å². The molecule has 0 aromatic heterocycles. The van der Waals surface area contributed by atoms with Crippen molar-refractivity contribution in [1.82, 2.24) is 0 Å². The zero-order valence-electron chi connectivity index (χ0n) is 14.7. The molecule has 0 heterocycles. The van der Waals surface area contributed by atoms with Crippen molar-refractivity contribution in [2.75, 3.05) is 13.2 Å². The Balaban J connectivity index is 4.33. The molecule has 0 aliphatic rings. The Hall–Kier alpha value is -0.120. The Morgan fingerprint density at radius 2 is 1.00 bits per heavy atom. The summed E-state index contributed by atoms with van der Waals surface area (Å²) in [7, 11) is 0. The molecule has 0 aliphatic heterocycles. The predicted molar refractivity (Wildman–Crippen MR) is 85.3 cm³/mol. The van der Waals surface area contributed by atoms with E-state index in [1.165, 1.54) is 0 Å². The van der Waals surface area contributed by atoms with E-state index in [4.69, 9.17) is 14.2 Å². The summed E-state index contributed by atoms with van der Waals surface area (Å²) >= 11 is 0. The van der Waals surface area contributed by atoms with Crippen molar-refractivity contribution < 1.29 is 14.2 Å². The van der Waals surface area contributed by atoms with Gasteiger partial charge in [-0.3, -0.25) is 0 Å². The average molecular weight is 288 g/mol. The van der Waals surface area contributed by atoms with E-state index in [0.29, 0.717) is 25.4 Å². The van der Waals surface area contributed by atoms with Crippen molar-refractivity contribution in [3.05, 3.63) is 0 Å². The molecule has 0 aromatic carbocycles. The second-order valence-electron chi connectivity index (χ2n) is 6.40. The smallest absolute Gasteiger partial charge is 0.105 e. The van der Waals surface area contributed by atoms with Crippen LogP contribution in [0.1, 0.15) is 74.1 Å².